The number of halogens is 1. The van der Waals surface area contributed by atoms with Gasteiger partial charge in [-0.05, 0) is 31.5 Å². The molecule has 2 heterocycles. The number of nitrogens with one attached hydrogen (secondary N) is 1. The zero-order valence-corrected chi connectivity index (χ0v) is 12.8. The number of anilines is 1. The van der Waals surface area contributed by atoms with Gasteiger partial charge in [-0.2, -0.15) is 0 Å². The van der Waals surface area contributed by atoms with Crippen molar-refractivity contribution in [3.63, 3.8) is 0 Å². The number of para-hydroxylation sites is 1. The molecule has 114 valence electrons. The highest BCUT2D eigenvalue weighted by molar-refractivity contribution is 6.34. The number of hydrogen-bond acceptors (Lipinski definition) is 3. The molecule has 22 heavy (non-hydrogen) atoms. The summed E-state index contributed by atoms with van der Waals surface area (Å²) >= 11 is 6.13. The van der Waals surface area contributed by atoms with E-state index < -0.39 is 6.04 Å². The standard InChI is InChI=1S/C16H15ClN2O3/c1-10-11(7-9-22-10)15(20)18-13-6-8-19(16(13)21)14-5-3-2-4-12(14)17/h2-5,7,9,13H,6,8H2,1H3,(H,18,20)/t13-/m0/s1. The van der Waals surface area contributed by atoms with Gasteiger partial charge in [-0.1, -0.05) is 23.7 Å². The summed E-state index contributed by atoms with van der Waals surface area (Å²) in [5.41, 5.74) is 1.12. The Morgan fingerprint density at radius 2 is 2.14 bits per heavy atom. The normalized spacial score (nSPS) is 17.8. The highest BCUT2D eigenvalue weighted by Crippen LogP contribution is 2.29. The molecule has 1 aliphatic heterocycles. The summed E-state index contributed by atoms with van der Waals surface area (Å²) in [6.45, 7) is 2.24. The summed E-state index contributed by atoms with van der Waals surface area (Å²) in [5.74, 6) is 0.0825. The monoisotopic (exact) mass is 318 g/mol. The number of rotatable bonds is 3. The maximum atomic E-state index is 12.5. The fraction of sp³-hybridized carbons (Fsp3) is 0.250. The highest BCUT2D eigenvalue weighted by atomic mass is 35.5. The molecule has 0 spiro atoms. The van der Waals surface area contributed by atoms with Gasteiger partial charge >= 0.3 is 0 Å². The maximum Gasteiger partial charge on any atom is 0.255 e. The summed E-state index contributed by atoms with van der Waals surface area (Å²) in [7, 11) is 0. The highest BCUT2D eigenvalue weighted by Gasteiger charge is 2.34. The van der Waals surface area contributed by atoms with Gasteiger partial charge in [0.2, 0.25) is 5.91 Å². The maximum absolute atomic E-state index is 12.5. The third kappa shape index (κ3) is 2.60. The second-order valence-electron chi connectivity index (χ2n) is 5.15. The Kier molecular flexibility index (Phi) is 3.90. The van der Waals surface area contributed by atoms with Crippen LogP contribution in [0.25, 0.3) is 0 Å². The van der Waals surface area contributed by atoms with Gasteiger partial charge in [-0.25, -0.2) is 0 Å². The van der Waals surface area contributed by atoms with E-state index in [1.807, 2.05) is 12.1 Å². The molecule has 1 aliphatic rings. The van der Waals surface area contributed by atoms with Crippen LogP contribution in [0.15, 0.2) is 41.0 Å². The summed E-state index contributed by atoms with van der Waals surface area (Å²) in [4.78, 5) is 26.3. The number of aryl methyl sites for hydroxylation is 1. The smallest absolute Gasteiger partial charge is 0.255 e. The summed E-state index contributed by atoms with van der Waals surface area (Å²) in [6, 6.07) is 8.23. The second kappa shape index (κ2) is 5.85. The molecule has 1 N–H and O–H groups in total. The van der Waals surface area contributed by atoms with Crippen LogP contribution in [0.3, 0.4) is 0 Å². The van der Waals surface area contributed by atoms with Crippen molar-refractivity contribution in [1.82, 2.24) is 5.32 Å². The van der Waals surface area contributed by atoms with Gasteiger partial charge < -0.3 is 14.6 Å². The van der Waals surface area contributed by atoms with Gasteiger partial charge in [0.25, 0.3) is 5.91 Å². The molecule has 0 unspecified atom stereocenters. The largest absolute Gasteiger partial charge is 0.469 e. The summed E-state index contributed by atoms with van der Waals surface area (Å²) in [5, 5.41) is 3.28. The number of carbonyl (C=O) groups excluding carboxylic acids is 2. The predicted molar refractivity (Wildman–Crippen MR) is 83.1 cm³/mol. The Morgan fingerprint density at radius 3 is 2.82 bits per heavy atom. The second-order valence-corrected chi connectivity index (χ2v) is 5.55. The first kappa shape index (κ1) is 14.7. The minimum atomic E-state index is -0.543. The van der Waals surface area contributed by atoms with E-state index >= 15 is 0 Å². The molecule has 2 aromatic rings. The van der Waals surface area contributed by atoms with Crippen LogP contribution in [0.4, 0.5) is 5.69 Å². The molecular weight excluding hydrogens is 304 g/mol. The summed E-state index contributed by atoms with van der Waals surface area (Å²) < 4.78 is 5.11. The molecule has 6 heteroatoms. The van der Waals surface area contributed by atoms with Crippen molar-refractivity contribution < 1.29 is 14.0 Å². The molecule has 1 aromatic heterocycles. The molecule has 2 amide bonds. The minimum Gasteiger partial charge on any atom is -0.469 e. The molecule has 1 aromatic carbocycles. The van der Waals surface area contributed by atoms with Crippen LogP contribution in [-0.4, -0.2) is 24.4 Å². The third-order valence-corrected chi connectivity index (χ3v) is 4.08. The van der Waals surface area contributed by atoms with Gasteiger partial charge in [-0.15, -0.1) is 0 Å². The fourth-order valence-electron chi connectivity index (χ4n) is 2.58. The van der Waals surface area contributed by atoms with Crippen LogP contribution < -0.4 is 10.2 Å². The van der Waals surface area contributed by atoms with Crippen molar-refractivity contribution in [3.8, 4) is 0 Å². The van der Waals surface area contributed by atoms with E-state index in [1.54, 1.807) is 30.0 Å². The Balaban J connectivity index is 1.73. The molecule has 1 saturated heterocycles. The molecule has 0 saturated carbocycles. The lowest BCUT2D eigenvalue weighted by Gasteiger charge is -2.18. The first-order valence-electron chi connectivity index (χ1n) is 6.99. The zero-order chi connectivity index (χ0) is 15.7. The van der Waals surface area contributed by atoms with Crippen molar-refractivity contribution in [3.05, 3.63) is 52.9 Å². The number of nitrogens with zero attached hydrogens (tertiary/aromatic N) is 1. The van der Waals surface area contributed by atoms with Gasteiger partial charge in [0.15, 0.2) is 0 Å². The van der Waals surface area contributed by atoms with Crippen LogP contribution in [-0.2, 0) is 4.79 Å². The van der Waals surface area contributed by atoms with Gasteiger partial charge in [0.1, 0.15) is 11.8 Å². The molecule has 0 radical (unpaired) electrons. The molecule has 5 nitrogen and oxygen atoms in total. The molecule has 0 aliphatic carbocycles. The van der Waals surface area contributed by atoms with E-state index in [4.69, 9.17) is 16.0 Å². The number of carbonyl (C=O) groups is 2. The van der Waals surface area contributed by atoms with Crippen LogP contribution >= 0.6 is 11.6 Å². The average molecular weight is 319 g/mol. The minimum absolute atomic E-state index is 0.150. The van der Waals surface area contributed by atoms with Crippen LogP contribution in [0.1, 0.15) is 22.5 Å². The number of amides is 2. The molecule has 1 fully saturated rings. The SMILES string of the molecule is Cc1occc1C(=O)N[C@H]1CCN(c2ccccc2Cl)C1=O. The van der Waals surface area contributed by atoms with Crippen molar-refractivity contribution in [2.24, 2.45) is 0 Å². The van der Waals surface area contributed by atoms with E-state index in [0.29, 0.717) is 35.0 Å². The fourth-order valence-corrected chi connectivity index (χ4v) is 2.82. The lowest BCUT2D eigenvalue weighted by atomic mass is 10.2. The predicted octanol–water partition coefficient (Wildman–Crippen LogP) is 2.78. The number of furan rings is 1. The van der Waals surface area contributed by atoms with Crippen molar-refractivity contribution in [2.45, 2.75) is 19.4 Å². The first-order valence-corrected chi connectivity index (χ1v) is 7.36. The van der Waals surface area contributed by atoms with Gasteiger partial charge in [-0.3, -0.25) is 9.59 Å². The van der Waals surface area contributed by atoms with Crippen LogP contribution in [0.5, 0.6) is 0 Å². The van der Waals surface area contributed by atoms with Gasteiger partial charge in [0, 0.05) is 6.54 Å². The zero-order valence-electron chi connectivity index (χ0n) is 12.0. The van der Waals surface area contributed by atoms with Crippen LogP contribution in [0.2, 0.25) is 5.02 Å². The van der Waals surface area contributed by atoms with Crippen molar-refractivity contribution in [2.75, 3.05) is 11.4 Å². The van der Waals surface area contributed by atoms with E-state index in [1.165, 1.54) is 6.26 Å². The van der Waals surface area contributed by atoms with Crippen molar-refractivity contribution in [1.29, 1.82) is 0 Å². The lowest BCUT2D eigenvalue weighted by Crippen LogP contribution is -2.41. The Morgan fingerprint density at radius 1 is 1.36 bits per heavy atom. The Hall–Kier alpha value is -2.27. The third-order valence-electron chi connectivity index (χ3n) is 3.76. The van der Waals surface area contributed by atoms with Gasteiger partial charge in [0.05, 0.1) is 22.5 Å². The topological polar surface area (TPSA) is 62.6 Å². The van der Waals surface area contributed by atoms with Crippen molar-refractivity contribution >= 4 is 29.1 Å². The lowest BCUT2D eigenvalue weighted by molar-refractivity contribution is -0.118. The van der Waals surface area contributed by atoms with E-state index in [0.717, 1.165) is 0 Å². The Bertz CT molecular complexity index is 726. The molecule has 1 atom stereocenters. The average Bonchev–Trinajstić information content (AvgIpc) is 3.07. The Labute approximate surface area is 132 Å². The van der Waals surface area contributed by atoms with E-state index in [2.05, 4.69) is 5.32 Å². The quantitative estimate of drug-likeness (QED) is 0.946. The molecular formula is C16H15ClN2O3. The van der Waals surface area contributed by atoms with E-state index in [9.17, 15) is 9.59 Å². The first-order chi connectivity index (χ1) is 10.6. The molecule has 3 rings (SSSR count). The van der Waals surface area contributed by atoms with E-state index in [-0.39, 0.29) is 11.8 Å². The number of hydrogen-bond donors (Lipinski definition) is 1. The number of benzene rings is 1. The molecule has 0 bridgehead atoms. The van der Waals surface area contributed by atoms with Crippen LogP contribution in [0, 0.1) is 6.92 Å². The summed E-state index contributed by atoms with van der Waals surface area (Å²) in [6.07, 6.45) is 2.00.